The van der Waals surface area contributed by atoms with Crippen molar-refractivity contribution in [3.8, 4) is 0 Å². The lowest BCUT2D eigenvalue weighted by molar-refractivity contribution is -0.151. The number of amides is 1. The van der Waals surface area contributed by atoms with Crippen molar-refractivity contribution in [2.75, 3.05) is 6.61 Å². The van der Waals surface area contributed by atoms with Crippen molar-refractivity contribution >= 4 is 11.9 Å². The number of carbonyl (C=O) groups excluding carboxylic acids is 2. The molecule has 0 radical (unpaired) electrons. The van der Waals surface area contributed by atoms with E-state index in [1.807, 2.05) is 12.2 Å². The van der Waals surface area contributed by atoms with Gasteiger partial charge in [0, 0.05) is 6.42 Å². The van der Waals surface area contributed by atoms with E-state index in [1.54, 1.807) is 0 Å². The highest BCUT2D eigenvalue weighted by Crippen LogP contribution is 2.17. The number of ether oxygens (including phenoxy) is 1. The van der Waals surface area contributed by atoms with Crippen molar-refractivity contribution in [2.45, 2.75) is 219 Å². The number of esters is 1. The van der Waals surface area contributed by atoms with E-state index < -0.39 is 18.2 Å². The average Bonchev–Trinajstić information content (AvgIpc) is 3.12. The van der Waals surface area contributed by atoms with Gasteiger partial charge in [-0.3, -0.25) is 9.59 Å². The van der Waals surface area contributed by atoms with Crippen molar-refractivity contribution in [1.82, 2.24) is 5.32 Å². The lowest BCUT2D eigenvalue weighted by Crippen LogP contribution is -2.46. The first-order valence-corrected chi connectivity index (χ1v) is 21.4. The monoisotopic (exact) mass is 716 g/mol. The van der Waals surface area contributed by atoms with Gasteiger partial charge in [-0.2, -0.15) is 0 Å². The van der Waals surface area contributed by atoms with Crippen LogP contribution in [-0.2, 0) is 14.3 Å². The molecule has 0 aliphatic carbocycles. The summed E-state index contributed by atoms with van der Waals surface area (Å²) in [5.41, 5.74) is 0. The predicted octanol–water partition coefficient (Wildman–Crippen LogP) is 11.9. The van der Waals surface area contributed by atoms with E-state index in [0.717, 1.165) is 83.5 Å². The zero-order valence-electron chi connectivity index (χ0n) is 33.5. The summed E-state index contributed by atoms with van der Waals surface area (Å²) in [4.78, 5) is 25.8. The molecule has 3 unspecified atom stereocenters. The largest absolute Gasteiger partial charge is 0.462 e. The Kier molecular flexibility index (Phi) is 37.4. The molecule has 0 saturated heterocycles. The molecular weight excluding hydrogens is 634 g/mol. The van der Waals surface area contributed by atoms with Gasteiger partial charge in [-0.25, -0.2) is 0 Å². The van der Waals surface area contributed by atoms with Gasteiger partial charge in [0.15, 0.2) is 0 Å². The van der Waals surface area contributed by atoms with Gasteiger partial charge in [0.05, 0.1) is 25.2 Å². The van der Waals surface area contributed by atoms with Gasteiger partial charge in [-0.05, 0) is 64.2 Å². The lowest BCUT2D eigenvalue weighted by atomic mass is 10.0. The highest BCUT2D eigenvalue weighted by Gasteiger charge is 2.24. The van der Waals surface area contributed by atoms with Crippen molar-refractivity contribution in [1.29, 1.82) is 0 Å². The molecule has 3 atom stereocenters. The van der Waals surface area contributed by atoms with Gasteiger partial charge < -0.3 is 20.3 Å². The molecule has 296 valence electrons. The van der Waals surface area contributed by atoms with Crippen LogP contribution in [0.4, 0.5) is 0 Å². The lowest BCUT2D eigenvalue weighted by Gasteiger charge is -2.24. The molecule has 0 rings (SSSR count). The number of aliphatic hydroxyl groups is 2. The molecule has 0 aliphatic rings. The summed E-state index contributed by atoms with van der Waals surface area (Å²) >= 11 is 0. The maximum absolute atomic E-state index is 13.1. The summed E-state index contributed by atoms with van der Waals surface area (Å²) in [6.07, 6.45) is 44.6. The third-order valence-electron chi connectivity index (χ3n) is 9.43. The Labute approximate surface area is 315 Å². The Balaban J connectivity index is 4.66. The Morgan fingerprint density at radius 3 is 1.75 bits per heavy atom. The summed E-state index contributed by atoms with van der Waals surface area (Å²) in [6, 6.07) is -0.711. The van der Waals surface area contributed by atoms with E-state index in [1.165, 1.54) is 70.6 Å². The number of rotatable bonds is 37. The fourth-order valence-corrected chi connectivity index (χ4v) is 6.20. The van der Waals surface area contributed by atoms with E-state index in [0.29, 0.717) is 19.3 Å². The standard InChI is InChI=1S/C45H81NO5/c1-4-7-10-13-16-19-22-24-27-30-33-36-41(51-45(50)38-35-32-29-26-21-18-15-12-9-6-3)39-44(49)46-42(40-47)43(48)37-34-31-28-25-23-20-17-14-11-8-5-2/h7,10,12-13,15-16,19,22,41-43,47-48H,4-6,8-9,11,14,17-18,20-21,23-40H2,1-3H3,(H,46,49)/b10-7+,15-12-,16-13+,22-19-. The SMILES string of the molecule is CC/C=C/C=C/C=C\CCCCCC(CC(=O)NC(CO)C(O)CCCCCCCCCCCCC)OC(=O)CCCCCCC/C=C\CCC. The summed E-state index contributed by atoms with van der Waals surface area (Å²) < 4.78 is 5.85. The Morgan fingerprint density at radius 1 is 0.588 bits per heavy atom. The van der Waals surface area contributed by atoms with E-state index in [2.05, 4.69) is 62.5 Å². The normalized spacial score (nSPS) is 13.9. The van der Waals surface area contributed by atoms with Crippen LogP contribution in [-0.4, -0.2) is 46.9 Å². The Morgan fingerprint density at radius 2 is 1.12 bits per heavy atom. The molecule has 3 N–H and O–H groups in total. The summed E-state index contributed by atoms with van der Waals surface area (Å²) in [7, 11) is 0. The fraction of sp³-hybridized carbons (Fsp3) is 0.778. The van der Waals surface area contributed by atoms with Gasteiger partial charge in [0.25, 0.3) is 0 Å². The van der Waals surface area contributed by atoms with Crippen LogP contribution in [0.25, 0.3) is 0 Å². The third kappa shape index (κ3) is 34.7. The molecule has 0 heterocycles. The van der Waals surface area contributed by atoms with Crippen molar-refractivity contribution in [3.63, 3.8) is 0 Å². The number of nitrogens with one attached hydrogen (secondary N) is 1. The van der Waals surface area contributed by atoms with Crippen LogP contribution in [0.15, 0.2) is 48.6 Å². The van der Waals surface area contributed by atoms with E-state index in [9.17, 15) is 19.8 Å². The van der Waals surface area contributed by atoms with Crippen LogP contribution in [0.3, 0.4) is 0 Å². The van der Waals surface area contributed by atoms with E-state index in [4.69, 9.17) is 4.74 Å². The first-order valence-electron chi connectivity index (χ1n) is 21.4. The Bertz CT molecular complexity index is 895. The number of aliphatic hydroxyl groups excluding tert-OH is 2. The summed E-state index contributed by atoms with van der Waals surface area (Å²) in [5.74, 6) is -0.526. The zero-order chi connectivity index (χ0) is 37.5. The predicted molar refractivity (Wildman–Crippen MR) is 218 cm³/mol. The molecule has 0 spiro atoms. The van der Waals surface area contributed by atoms with Crippen LogP contribution in [0.5, 0.6) is 0 Å². The minimum atomic E-state index is -0.795. The van der Waals surface area contributed by atoms with Crippen LogP contribution in [0, 0.1) is 0 Å². The van der Waals surface area contributed by atoms with Crippen LogP contribution >= 0.6 is 0 Å². The second-order valence-corrected chi connectivity index (χ2v) is 14.4. The molecule has 0 fully saturated rings. The van der Waals surface area contributed by atoms with Crippen LogP contribution < -0.4 is 5.32 Å². The maximum Gasteiger partial charge on any atom is 0.306 e. The van der Waals surface area contributed by atoms with Crippen LogP contribution in [0.1, 0.15) is 201 Å². The highest BCUT2D eigenvalue weighted by molar-refractivity contribution is 5.77. The molecule has 51 heavy (non-hydrogen) atoms. The fourth-order valence-electron chi connectivity index (χ4n) is 6.20. The molecule has 6 nitrogen and oxygen atoms in total. The second-order valence-electron chi connectivity index (χ2n) is 14.4. The first-order chi connectivity index (χ1) is 25.0. The summed E-state index contributed by atoms with van der Waals surface area (Å²) in [6.45, 7) is 6.24. The van der Waals surface area contributed by atoms with Crippen molar-refractivity contribution < 1.29 is 24.5 Å². The van der Waals surface area contributed by atoms with Gasteiger partial charge in [0.1, 0.15) is 6.10 Å². The molecule has 6 heteroatoms. The number of carbonyl (C=O) groups is 2. The van der Waals surface area contributed by atoms with Gasteiger partial charge in [-0.15, -0.1) is 0 Å². The molecule has 0 bridgehead atoms. The third-order valence-corrected chi connectivity index (χ3v) is 9.43. The number of hydrogen-bond acceptors (Lipinski definition) is 5. The molecule has 0 aromatic heterocycles. The molecule has 0 saturated carbocycles. The van der Waals surface area contributed by atoms with Crippen LogP contribution in [0.2, 0.25) is 0 Å². The number of hydrogen-bond donors (Lipinski definition) is 3. The molecular formula is C45H81NO5. The highest BCUT2D eigenvalue weighted by atomic mass is 16.5. The zero-order valence-corrected chi connectivity index (χ0v) is 33.5. The molecule has 0 aromatic rings. The minimum absolute atomic E-state index is 0.0505. The second kappa shape index (κ2) is 39.0. The topological polar surface area (TPSA) is 95.9 Å². The first kappa shape index (κ1) is 48.8. The Hall–Kier alpha value is -2.18. The van der Waals surface area contributed by atoms with Gasteiger partial charge in [-0.1, -0.05) is 172 Å². The average molecular weight is 716 g/mol. The quantitative estimate of drug-likeness (QED) is 0.0257. The van der Waals surface area contributed by atoms with Crippen molar-refractivity contribution in [2.24, 2.45) is 0 Å². The summed E-state index contributed by atoms with van der Waals surface area (Å²) in [5, 5.41) is 23.5. The molecule has 0 aromatic carbocycles. The van der Waals surface area contributed by atoms with E-state index in [-0.39, 0.29) is 24.9 Å². The minimum Gasteiger partial charge on any atom is -0.462 e. The maximum atomic E-state index is 13.1. The van der Waals surface area contributed by atoms with Crippen molar-refractivity contribution in [3.05, 3.63) is 48.6 Å². The molecule has 1 amide bonds. The van der Waals surface area contributed by atoms with Gasteiger partial charge in [0.2, 0.25) is 5.91 Å². The van der Waals surface area contributed by atoms with Gasteiger partial charge >= 0.3 is 5.97 Å². The smallest absolute Gasteiger partial charge is 0.306 e. The molecule has 0 aliphatic heterocycles. The number of allylic oxidation sites excluding steroid dienone is 8. The number of unbranched alkanes of at least 4 members (excludes halogenated alkanes) is 19. The van der Waals surface area contributed by atoms with E-state index >= 15 is 0 Å².